The molecule has 4 nitrogen and oxygen atoms in total. The summed E-state index contributed by atoms with van der Waals surface area (Å²) >= 11 is 0. The molecule has 3 N–H and O–H groups in total. The van der Waals surface area contributed by atoms with Crippen LogP contribution in [0.5, 0.6) is 0 Å². The molecule has 5 rings (SSSR count). The molecule has 2 unspecified atom stereocenters. The van der Waals surface area contributed by atoms with E-state index in [0.29, 0.717) is 11.8 Å². The van der Waals surface area contributed by atoms with Crippen LogP contribution in [0.1, 0.15) is 48.9 Å². The van der Waals surface area contributed by atoms with E-state index in [4.69, 9.17) is 5.73 Å². The van der Waals surface area contributed by atoms with Gasteiger partial charge in [0.1, 0.15) is 0 Å². The van der Waals surface area contributed by atoms with Crippen LogP contribution in [0.4, 0.5) is 5.69 Å². The number of anilines is 1. The number of hydrogen-bond donors (Lipinski definition) is 2. The van der Waals surface area contributed by atoms with E-state index < -0.39 is 0 Å². The second kappa shape index (κ2) is 4.97. The molecule has 4 fully saturated rings. The maximum absolute atomic E-state index is 12.8. The Balaban J connectivity index is 1.56. The first-order chi connectivity index (χ1) is 10.9. The lowest BCUT2D eigenvalue weighted by Gasteiger charge is -2.61. The van der Waals surface area contributed by atoms with Gasteiger partial charge in [-0.1, -0.05) is 6.07 Å². The van der Waals surface area contributed by atoms with E-state index in [1.54, 1.807) is 0 Å². The van der Waals surface area contributed by atoms with Gasteiger partial charge in [-0.3, -0.25) is 4.79 Å². The van der Waals surface area contributed by atoms with Gasteiger partial charge in [0.15, 0.2) is 0 Å². The summed E-state index contributed by atoms with van der Waals surface area (Å²) < 4.78 is 0. The largest absolute Gasteiger partial charge is 0.378 e. The molecule has 0 saturated heterocycles. The molecule has 4 heteroatoms. The first-order valence-corrected chi connectivity index (χ1v) is 8.75. The van der Waals surface area contributed by atoms with Gasteiger partial charge in [0.2, 0.25) is 0 Å². The van der Waals surface area contributed by atoms with Crippen molar-refractivity contribution in [2.75, 3.05) is 19.0 Å². The lowest BCUT2D eigenvalue weighted by Crippen LogP contribution is -2.68. The molecule has 2 atom stereocenters. The molecule has 1 aromatic rings. The highest BCUT2D eigenvalue weighted by Gasteiger charge is 2.56. The first-order valence-electron chi connectivity index (χ1n) is 8.75. The van der Waals surface area contributed by atoms with Crippen molar-refractivity contribution < 1.29 is 4.79 Å². The number of rotatable bonds is 3. The maximum atomic E-state index is 12.8. The van der Waals surface area contributed by atoms with Crippen LogP contribution >= 0.6 is 0 Å². The van der Waals surface area contributed by atoms with E-state index in [2.05, 4.69) is 5.32 Å². The Hall–Kier alpha value is -1.55. The SMILES string of the molecule is CN(C)c1cccc(C(=O)NC23CC4CC(CC(N)(C4)C2)C3)c1. The van der Waals surface area contributed by atoms with Crippen LogP contribution in [0.25, 0.3) is 0 Å². The van der Waals surface area contributed by atoms with Gasteiger partial charge in [0, 0.05) is 36.4 Å². The summed E-state index contributed by atoms with van der Waals surface area (Å²) in [5, 5.41) is 3.39. The van der Waals surface area contributed by atoms with E-state index in [1.807, 2.05) is 43.3 Å². The van der Waals surface area contributed by atoms with Gasteiger partial charge in [-0.15, -0.1) is 0 Å². The lowest BCUT2D eigenvalue weighted by atomic mass is 9.50. The van der Waals surface area contributed by atoms with Crippen LogP contribution in [-0.4, -0.2) is 31.1 Å². The Morgan fingerprint density at radius 2 is 1.91 bits per heavy atom. The number of nitrogens with one attached hydrogen (secondary N) is 1. The smallest absolute Gasteiger partial charge is 0.251 e. The molecule has 4 aliphatic rings. The highest BCUT2D eigenvalue weighted by molar-refractivity contribution is 5.95. The maximum Gasteiger partial charge on any atom is 0.251 e. The molecule has 4 saturated carbocycles. The second-order valence-electron chi connectivity index (χ2n) is 8.50. The summed E-state index contributed by atoms with van der Waals surface area (Å²) in [5.74, 6) is 1.46. The molecule has 124 valence electrons. The molecule has 4 aliphatic carbocycles. The van der Waals surface area contributed by atoms with Crippen LogP contribution in [0.3, 0.4) is 0 Å². The van der Waals surface area contributed by atoms with Crippen molar-refractivity contribution in [3.63, 3.8) is 0 Å². The van der Waals surface area contributed by atoms with Gasteiger partial charge in [0.25, 0.3) is 5.91 Å². The number of nitrogens with two attached hydrogens (primary N) is 1. The standard InChI is InChI=1S/C19H27N3O/c1-22(2)16-5-3-4-15(7-16)17(23)21-19-10-13-6-14(11-19)9-18(20,8-13)12-19/h3-5,7,13-14H,6,8-12,20H2,1-2H3,(H,21,23). The minimum absolute atomic E-state index is 0.0388. The van der Waals surface area contributed by atoms with Gasteiger partial charge in [-0.25, -0.2) is 0 Å². The minimum Gasteiger partial charge on any atom is -0.378 e. The topological polar surface area (TPSA) is 58.4 Å². The van der Waals surface area contributed by atoms with Crippen molar-refractivity contribution in [1.82, 2.24) is 5.32 Å². The van der Waals surface area contributed by atoms with Gasteiger partial charge in [-0.2, -0.15) is 0 Å². The highest BCUT2D eigenvalue weighted by Crippen LogP contribution is 2.56. The van der Waals surface area contributed by atoms with E-state index in [0.717, 1.165) is 43.4 Å². The fourth-order valence-electron chi connectivity index (χ4n) is 5.72. The van der Waals surface area contributed by atoms with E-state index >= 15 is 0 Å². The summed E-state index contributed by atoms with van der Waals surface area (Å²) in [4.78, 5) is 14.9. The molecular weight excluding hydrogens is 286 g/mol. The second-order valence-corrected chi connectivity index (χ2v) is 8.50. The summed E-state index contributed by atoms with van der Waals surface area (Å²) in [6, 6.07) is 7.85. The van der Waals surface area contributed by atoms with Crippen LogP contribution in [0.15, 0.2) is 24.3 Å². The summed E-state index contributed by atoms with van der Waals surface area (Å²) in [5.41, 5.74) is 8.32. The molecule has 1 aromatic carbocycles. The number of carbonyl (C=O) groups is 1. The third kappa shape index (κ3) is 2.63. The Labute approximate surface area is 138 Å². The van der Waals surface area contributed by atoms with Crippen molar-refractivity contribution in [2.24, 2.45) is 17.6 Å². The Kier molecular flexibility index (Phi) is 3.24. The van der Waals surface area contributed by atoms with Crippen LogP contribution in [-0.2, 0) is 0 Å². The average molecular weight is 313 g/mol. The third-order valence-electron chi connectivity index (χ3n) is 6.11. The van der Waals surface area contributed by atoms with E-state index in [-0.39, 0.29) is 17.0 Å². The zero-order chi connectivity index (χ0) is 16.2. The van der Waals surface area contributed by atoms with Gasteiger partial charge in [0.05, 0.1) is 0 Å². The molecule has 0 heterocycles. The average Bonchev–Trinajstić information content (AvgIpc) is 2.44. The van der Waals surface area contributed by atoms with Gasteiger partial charge >= 0.3 is 0 Å². The normalized spacial score (nSPS) is 37.7. The molecular formula is C19H27N3O. The van der Waals surface area contributed by atoms with Crippen molar-refractivity contribution in [1.29, 1.82) is 0 Å². The fraction of sp³-hybridized carbons (Fsp3) is 0.632. The number of benzene rings is 1. The van der Waals surface area contributed by atoms with Gasteiger partial charge < -0.3 is 16.0 Å². The van der Waals surface area contributed by atoms with Crippen molar-refractivity contribution in [2.45, 2.75) is 49.6 Å². The summed E-state index contributed by atoms with van der Waals surface area (Å²) in [6.45, 7) is 0. The molecule has 23 heavy (non-hydrogen) atoms. The zero-order valence-electron chi connectivity index (χ0n) is 14.1. The molecule has 0 aromatic heterocycles. The summed E-state index contributed by atoms with van der Waals surface area (Å²) in [6.07, 6.45) is 6.79. The molecule has 4 bridgehead atoms. The molecule has 1 amide bonds. The number of amides is 1. The quantitative estimate of drug-likeness (QED) is 0.901. The third-order valence-corrected chi connectivity index (χ3v) is 6.11. The van der Waals surface area contributed by atoms with Crippen LogP contribution in [0, 0.1) is 11.8 Å². The molecule has 0 radical (unpaired) electrons. The van der Waals surface area contributed by atoms with Crippen molar-refractivity contribution in [3.8, 4) is 0 Å². The number of carbonyl (C=O) groups excluding carboxylic acids is 1. The van der Waals surface area contributed by atoms with E-state index in [1.165, 1.54) is 6.42 Å². The van der Waals surface area contributed by atoms with Crippen LogP contribution in [0.2, 0.25) is 0 Å². The minimum atomic E-state index is -0.0654. The Morgan fingerprint density at radius 1 is 1.22 bits per heavy atom. The van der Waals surface area contributed by atoms with Crippen molar-refractivity contribution >= 4 is 11.6 Å². The predicted molar refractivity (Wildman–Crippen MR) is 92.6 cm³/mol. The summed E-state index contributed by atoms with van der Waals surface area (Å²) in [7, 11) is 3.99. The Bertz CT molecular complexity index is 625. The first kappa shape index (κ1) is 15.0. The lowest BCUT2D eigenvalue weighted by molar-refractivity contribution is -0.0320. The predicted octanol–water partition coefficient (Wildman–Crippen LogP) is 2.53. The number of nitrogens with zero attached hydrogens (tertiary/aromatic N) is 1. The van der Waals surface area contributed by atoms with Gasteiger partial charge in [-0.05, 0) is 68.6 Å². The number of hydrogen-bond acceptors (Lipinski definition) is 3. The Morgan fingerprint density at radius 3 is 2.52 bits per heavy atom. The van der Waals surface area contributed by atoms with E-state index in [9.17, 15) is 4.79 Å². The van der Waals surface area contributed by atoms with Crippen molar-refractivity contribution in [3.05, 3.63) is 29.8 Å². The molecule has 0 aliphatic heterocycles. The monoisotopic (exact) mass is 313 g/mol. The fourth-order valence-corrected chi connectivity index (χ4v) is 5.72. The van der Waals surface area contributed by atoms with Crippen LogP contribution < -0.4 is 16.0 Å². The highest BCUT2D eigenvalue weighted by atomic mass is 16.1. The zero-order valence-corrected chi connectivity index (χ0v) is 14.1. The molecule has 0 spiro atoms.